The van der Waals surface area contributed by atoms with E-state index >= 15 is 0 Å². The van der Waals surface area contributed by atoms with Gasteiger partial charge in [0.1, 0.15) is 0 Å². The fourth-order valence-corrected chi connectivity index (χ4v) is 0.365. The van der Waals surface area contributed by atoms with Gasteiger partial charge in [-0.05, 0) is 12.8 Å². The van der Waals surface area contributed by atoms with Crippen molar-refractivity contribution in [2.45, 2.75) is 12.8 Å². The quantitative estimate of drug-likeness (QED) is 0.422. The molecule has 0 bridgehead atoms. The molecule has 0 spiro atoms. The Morgan fingerprint density at radius 3 is 2.89 bits per heavy atom. The number of ether oxygens (including phenoxy) is 1. The van der Waals surface area contributed by atoms with E-state index in [1.54, 1.807) is 6.08 Å². The molecule has 0 aromatic carbocycles. The van der Waals surface area contributed by atoms with Crippen LogP contribution in [0.3, 0.4) is 0 Å². The SMILES string of the molecule is [CH2]CC/C=C/C(=O)OC. The maximum Gasteiger partial charge on any atom is 0.330 e. The van der Waals surface area contributed by atoms with Crippen molar-refractivity contribution in [2.75, 3.05) is 7.11 Å². The third kappa shape index (κ3) is 5.07. The maximum absolute atomic E-state index is 10.4. The van der Waals surface area contributed by atoms with Crippen molar-refractivity contribution in [1.29, 1.82) is 0 Å². The van der Waals surface area contributed by atoms with Crippen molar-refractivity contribution < 1.29 is 9.53 Å². The van der Waals surface area contributed by atoms with E-state index in [0.29, 0.717) is 0 Å². The first kappa shape index (κ1) is 8.21. The summed E-state index contributed by atoms with van der Waals surface area (Å²) in [5, 5.41) is 0. The van der Waals surface area contributed by atoms with Crippen molar-refractivity contribution in [2.24, 2.45) is 0 Å². The summed E-state index contributed by atoms with van der Waals surface area (Å²) in [5.41, 5.74) is 0. The molecule has 0 aliphatic heterocycles. The van der Waals surface area contributed by atoms with E-state index in [1.807, 2.05) is 0 Å². The first-order valence-corrected chi connectivity index (χ1v) is 2.85. The summed E-state index contributed by atoms with van der Waals surface area (Å²) in [7, 11) is 1.36. The van der Waals surface area contributed by atoms with Gasteiger partial charge < -0.3 is 4.74 Å². The van der Waals surface area contributed by atoms with Gasteiger partial charge in [-0.25, -0.2) is 4.79 Å². The summed E-state index contributed by atoms with van der Waals surface area (Å²) in [6.07, 6.45) is 4.80. The molecule has 0 N–H and O–H groups in total. The average molecular weight is 127 g/mol. The van der Waals surface area contributed by atoms with Gasteiger partial charge in [-0.2, -0.15) is 0 Å². The number of esters is 1. The molecule has 1 radical (unpaired) electrons. The molecule has 0 fully saturated rings. The fourth-order valence-electron chi connectivity index (χ4n) is 0.365. The number of hydrogen-bond acceptors (Lipinski definition) is 2. The Morgan fingerprint density at radius 1 is 1.78 bits per heavy atom. The van der Waals surface area contributed by atoms with Gasteiger partial charge in [0.2, 0.25) is 0 Å². The van der Waals surface area contributed by atoms with Crippen molar-refractivity contribution >= 4 is 5.97 Å². The lowest BCUT2D eigenvalue weighted by Gasteiger charge is -1.87. The van der Waals surface area contributed by atoms with Crippen molar-refractivity contribution in [3.63, 3.8) is 0 Å². The molecule has 0 aliphatic carbocycles. The van der Waals surface area contributed by atoms with Crippen molar-refractivity contribution in [3.8, 4) is 0 Å². The second-order valence-electron chi connectivity index (χ2n) is 1.57. The smallest absolute Gasteiger partial charge is 0.330 e. The van der Waals surface area contributed by atoms with E-state index in [1.165, 1.54) is 13.2 Å². The Bertz CT molecular complexity index is 105. The number of carbonyl (C=O) groups is 1. The summed E-state index contributed by atoms with van der Waals surface area (Å²) in [6.45, 7) is 3.60. The molecule has 51 valence electrons. The second-order valence-corrected chi connectivity index (χ2v) is 1.57. The van der Waals surface area contributed by atoms with Crippen LogP contribution in [0.5, 0.6) is 0 Å². The van der Waals surface area contributed by atoms with Crippen LogP contribution in [0.2, 0.25) is 0 Å². The zero-order chi connectivity index (χ0) is 7.11. The highest BCUT2D eigenvalue weighted by Gasteiger charge is 1.86. The largest absolute Gasteiger partial charge is 0.466 e. The first-order valence-electron chi connectivity index (χ1n) is 2.85. The molecule has 0 saturated carbocycles. The Kier molecular flexibility index (Phi) is 4.88. The van der Waals surface area contributed by atoms with Gasteiger partial charge in [0, 0.05) is 6.08 Å². The third-order valence-electron chi connectivity index (χ3n) is 0.826. The van der Waals surface area contributed by atoms with Crippen LogP contribution in [0.4, 0.5) is 0 Å². The summed E-state index contributed by atoms with van der Waals surface area (Å²) >= 11 is 0. The predicted molar refractivity (Wildman–Crippen MR) is 35.7 cm³/mol. The molecule has 0 heterocycles. The second kappa shape index (κ2) is 5.35. The van der Waals surface area contributed by atoms with E-state index in [4.69, 9.17) is 0 Å². The van der Waals surface area contributed by atoms with Gasteiger partial charge >= 0.3 is 5.97 Å². The van der Waals surface area contributed by atoms with Crippen molar-refractivity contribution in [1.82, 2.24) is 0 Å². The Labute approximate surface area is 55.5 Å². The summed E-state index contributed by atoms with van der Waals surface area (Å²) in [6, 6.07) is 0. The van der Waals surface area contributed by atoms with Gasteiger partial charge in [-0.3, -0.25) is 0 Å². The van der Waals surface area contributed by atoms with Crippen LogP contribution in [0, 0.1) is 6.92 Å². The minimum Gasteiger partial charge on any atom is -0.466 e. The van der Waals surface area contributed by atoms with Gasteiger partial charge in [-0.1, -0.05) is 13.0 Å². The van der Waals surface area contributed by atoms with E-state index < -0.39 is 0 Å². The van der Waals surface area contributed by atoms with Crippen LogP contribution in [-0.2, 0) is 9.53 Å². The molecule has 0 amide bonds. The molecule has 0 aromatic rings. The number of hydrogen-bond donors (Lipinski definition) is 0. The molecule has 0 aliphatic rings. The number of unbranched alkanes of at least 4 members (excludes halogenated alkanes) is 1. The topological polar surface area (TPSA) is 26.3 Å². The maximum atomic E-state index is 10.4. The molecule has 0 aromatic heterocycles. The Morgan fingerprint density at radius 2 is 2.44 bits per heavy atom. The molecule has 2 heteroatoms. The highest BCUT2D eigenvalue weighted by molar-refractivity contribution is 5.81. The van der Waals surface area contributed by atoms with E-state index in [0.717, 1.165) is 12.8 Å². The monoisotopic (exact) mass is 127 g/mol. The van der Waals surface area contributed by atoms with Gasteiger partial charge in [-0.15, -0.1) is 0 Å². The number of carbonyl (C=O) groups excluding carboxylic acids is 1. The van der Waals surface area contributed by atoms with Crippen molar-refractivity contribution in [3.05, 3.63) is 19.1 Å². The lowest BCUT2D eigenvalue weighted by Crippen LogP contribution is -1.92. The van der Waals surface area contributed by atoms with Crippen LogP contribution < -0.4 is 0 Å². The first-order chi connectivity index (χ1) is 4.31. The molecular formula is C7H11O2. The standard InChI is InChI=1S/C7H11O2/c1-3-4-5-6-7(8)9-2/h5-6H,1,3-4H2,2H3/b6-5+. The van der Waals surface area contributed by atoms with E-state index in [9.17, 15) is 4.79 Å². The van der Waals surface area contributed by atoms with Gasteiger partial charge in [0.25, 0.3) is 0 Å². The van der Waals surface area contributed by atoms with Crippen LogP contribution in [-0.4, -0.2) is 13.1 Å². The number of allylic oxidation sites excluding steroid dienone is 1. The number of methoxy groups -OCH3 is 1. The number of rotatable bonds is 3. The summed E-state index contributed by atoms with van der Waals surface area (Å²) in [5.74, 6) is -0.302. The normalized spacial score (nSPS) is 10.0. The summed E-state index contributed by atoms with van der Waals surface area (Å²) in [4.78, 5) is 10.4. The highest BCUT2D eigenvalue weighted by atomic mass is 16.5. The van der Waals surface area contributed by atoms with Crippen LogP contribution in [0.1, 0.15) is 12.8 Å². The molecule has 2 nitrogen and oxygen atoms in total. The highest BCUT2D eigenvalue weighted by Crippen LogP contribution is 1.87. The minimum absolute atomic E-state index is 0.302. The molecule has 0 saturated heterocycles. The molecular weight excluding hydrogens is 116 g/mol. The van der Waals surface area contributed by atoms with Gasteiger partial charge in [0.05, 0.1) is 7.11 Å². The zero-order valence-corrected chi connectivity index (χ0v) is 5.59. The van der Waals surface area contributed by atoms with Crippen LogP contribution in [0.15, 0.2) is 12.2 Å². The zero-order valence-electron chi connectivity index (χ0n) is 5.59. The summed E-state index contributed by atoms with van der Waals surface area (Å²) < 4.78 is 4.35. The van der Waals surface area contributed by atoms with Crippen LogP contribution in [0.25, 0.3) is 0 Å². The molecule has 0 rings (SSSR count). The molecule has 0 atom stereocenters. The molecule has 0 unspecified atom stereocenters. The minimum atomic E-state index is -0.302. The van der Waals surface area contributed by atoms with E-state index in [-0.39, 0.29) is 5.97 Å². The third-order valence-corrected chi connectivity index (χ3v) is 0.826. The lowest BCUT2D eigenvalue weighted by atomic mass is 10.3. The predicted octanol–water partition coefficient (Wildman–Crippen LogP) is 1.33. The van der Waals surface area contributed by atoms with Crippen LogP contribution >= 0.6 is 0 Å². The Balaban J connectivity index is 3.32. The van der Waals surface area contributed by atoms with E-state index in [2.05, 4.69) is 11.7 Å². The lowest BCUT2D eigenvalue weighted by molar-refractivity contribution is -0.134. The average Bonchev–Trinajstić information content (AvgIpc) is 1.89. The molecule has 9 heavy (non-hydrogen) atoms. The Hall–Kier alpha value is -0.790. The fraction of sp³-hybridized carbons (Fsp3) is 0.429. The van der Waals surface area contributed by atoms with Gasteiger partial charge in [0.15, 0.2) is 0 Å².